The Labute approximate surface area is 158 Å². The Morgan fingerprint density at radius 3 is 2.52 bits per heavy atom. The normalized spacial score (nSPS) is 19.9. The summed E-state index contributed by atoms with van der Waals surface area (Å²) in [5, 5.41) is 3.56. The number of rotatable bonds is 3. The summed E-state index contributed by atoms with van der Waals surface area (Å²) in [5.41, 5.74) is 3.32. The molecule has 0 atom stereocenters. The lowest BCUT2D eigenvalue weighted by Crippen LogP contribution is -2.41. The quantitative estimate of drug-likeness (QED) is 0.449. The number of aliphatic imine (C=N–C) groups is 1. The van der Waals surface area contributed by atoms with E-state index in [2.05, 4.69) is 46.4 Å². The molecule has 1 N–H and O–H groups in total. The van der Waals surface area contributed by atoms with Crippen molar-refractivity contribution in [3.8, 4) is 0 Å². The van der Waals surface area contributed by atoms with Crippen LogP contribution in [0.25, 0.3) is 0 Å². The standard InChI is InChI=1S/C19H29N3.HI/c1-16-5-7-17(8-6-16)9-13-21-18(20-2)22-14-12-19(15-22)10-3-4-11-19;/h5-8H,3-4,9-15H2,1-2H3,(H,20,21);1H. The van der Waals surface area contributed by atoms with E-state index in [1.807, 2.05) is 7.05 Å². The minimum atomic E-state index is 0. The third-order valence-corrected chi connectivity index (χ3v) is 5.43. The van der Waals surface area contributed by atoms with Gasteiger partial charge in [-0.1, -0.05) is 42.7 Å². The molecule has 4 heteroatoms. The molecule has 0 aromatic heterocycles. The zero-order valence-corrected chi connectivity index (χ0v) is 16.8. The third-order valence-electron chi connectivity index (χ3n) is 5.43. The molecule has 0 amide bonds. The van der Waals surface area contributed by atoms with Crippen LogP contribution in [0.5, 0.6) is 0 Å². The second-order valence-electron chi connectivity index (χ2n) is 7.09. The van der Waals surface area contributed by atoms with E-state index in [-0.39, 0.29) is 24.0 Å². The van der Waals surface area contributed by atoms with Gasteiger partial charge in [0, 0.05) is 26.7 Å². The van der Waals surface area contributed by atoms with Crippen molar-refractivity contribution in [3.05, 3.63) is 35.4 Å². The number of likely N-dealkylation sites (tertiary alicyclic amines) is 1. The first-order chi connectivity index (χ1) is 10.7. The van der Waals surface area contributed by atoms with Gasteiger partial charge in [-0.2, -0.15) is 0 Å². The lowest BCUT2D eigenvalue weighted by atomic mass is 9.86. The van der Waals surface area contributed by atoms with Crippen molar-refractivity contribution in [2.75, 3.05) is 26.7 Å². The van der Waals surface area contributed by atoms with Crippen LogP contribution >= 0.6 is 24.0 Å². The number of aryl methyl sites for hydroxylation is 1. The van der Waals surface area contributed by atoms with Crippen molar-refractivity contribution in [1.82, 2.24) is 10.2 Å². The molecule has 2 fully saturated rings. The van der Waals surface area contributed by atoms with E-state index < -0.39 is 0 Å². The maximum Gasteiger partial charge on any atom is 0.193 e. The summed E-state index contributed by atoms with van der Waals surface area (Å²) in [6, 6.07) is 8.83. The van der Waals surface area contributed by atoms with E-state index >= 15 is 0 Å². The molecule has 3 rings (SSSR count). The molecular formula is C19H30IN3. The minimum absolute atomic E-state index is 0. The van der Waals surface area contributed by atoms with Crippen LogP contribution in [0.1, 0.15) is 43.2 Å². The summed E-state index contributed by atoms with van der Waals surface area (Å²) in [7, 11) is 1.91. The predicted molar refractivity (Wildman–Crippen MR) is 109 cm³/mol. The molecule has 1 aromatic rings. The van der Waals surface area contributed by atoms with Crippen LogP contribution in [-0.4, -0.2) is 37.5 Å². The molecule has 1 aliphatic carbocycles. The molecule has 1 aliphatic heterocycles. The molecule has 1 saturated heterocycles. The largest absolute Gasteiger partial charge is 0.356 e. The van der Waals surface area contributed by atoms with E-state index in [0.29, 0.717) is 5.41 Å². The van der Waals surface area contributed by atoms with Crippen LogP contribution in [0.4, 0.5) is 0 Å². The molecular weight excluding hydrogens is 397 g/mol. The Hall–Kier alpha value is -0.780. The monoisotopic (exact) mass is 427 g/mol. The predicted octanol–water partition coefficient (Wildman–Crippen LogP) is 4.00. The molecule has 0 bridgehead atoms. The zero-order valence-electron chi connectivity index (χ0n) is 14.5. The lowest BCUT2D eigenvalue weighted by Gasteiger charge is -2.26. The fourth-order valence-corrected chi connectivity index (χ4v) is 4.05. The van der Waals surface area contributed by atoms with Crippen LogP contribution in [0.3, 0.4) is 0 Å². The second-order valence-corrected chi connectivity index (χ2v) is 7.09. The van der Waals surface area contributed by atoms with Crippen LogP contribution < -0.4 is 5.32 Å². The third kappa shape index (κ3) is 4.61. The summed E-state index contributed by atoms with van der Waals surface area (Å²) in [6.07, 6.45) is 8.10. The van der Waals surface area contributed by atoms with Gasteiger partial charge < -0.3 is 10.2 Å². The maximum absolute atomic E-state index is 4.50. The highest BCUT2D eigenvalue weighted by Crippen LogP contribution is 2.45. The second kappa shape index (κ2) is 8.36. The first kappa shape index (κ1) is 18.6. The highest BCUT2D eigenvalue weighted by molar-refractivity contribution is 14.0. The Bertz CT molecular complexity index is 518. The maximum atomic E-state index is 4.50. The molecule has 0 unspecified atom stereocenters. The number of nitrogens with zero attached hydrogens (tertiary/aromatic N) is 2. The average molecular weight is 427 g/mol. The van der Waals surface area contributed by atoms with Crippen molar-refractivity contribution in [1.29, 1.82) is 0 Å². The first-order valence-electron chi connectivity index (χ1n) is 8.72. The van der Waals surface area contributed by atoms with Gasteiger partial charge in [0.2, 0.25) is 0 Å². The van der Waals surface area contributed by atoms with Gasteiger partial charge >= 0.3 is 0 Å². The number of guanidine groups is 1. The summed E-state index contributed by atoms with van der Waals surface area (Å²) in [4.78, 5) is 6.97. The molecule has 1 heterocycles. The van der Waals surface area contributed by atoms with Crippen molar-refractivity contribution in [2.45, 2.75) is 45.4 Å². The minimum Gasteiger partial charge on any atom is -0.356 e. The molecule has 23 heavy (non-hydrogen) atoms. The Morgan fingerprint density at radius 2 is 1.87 bits per heavy atom. The number of hydrogen-bond acceptors (Lipinski definition) is 1. The smallest absolute Gasteiger partial charge is 0.193 e. The SMILES string of the molecule is CN=C(NCCc1ccc(C)cc1)N1CCC2(CCCC2)C1.I. The highest BCUT2D eigenvalue weighted by Gasteiger charge is 2.40. The van der Waals surface area contributed by atoms with Crippen molar-refractivity contribution in [3.63, 3.8) is 0 Å². The number of benzene rings is 1. The van der Waals surface area contributed by atoms with Gasteiger partial charge in [-0.3, -0.25) is 4.99 Å². The van der Waals surface area contributed by atoms with Crippen LogP contribution in [-0.2, 0) is 6.42 Å². The zero-order chi connectivity index (χ0) is 15.4. The van der Waals surface area contributed by atoms with Crippen LogP contribution in [0.15, 0.2) is 29.3 Å². The van der Waals surface area contributed by atoms with Gasteiger partial charge in [0.25, 0.3) is 0 Å². The fourth-order valence-electron chi connectivity index (χ4n) is 4.05. The van der Waals surface area contributed by atoms with Gasteiger partial charge in [-0.05, 0) is 43.6 Å². The Morgan fingerprint density at radius 1 is 1.17 bits per heavy atom. The highest BCUT2D eigenvalue weighted by atomic mass is 127. The van der Waals surface area contributed by atoms with Crippen molar-refractivity contribution in [2.24, 2.45) is 10.4 Å². The van der Waals surface area contributed by atoms with Gasteiger partial charge in [-0.25, -0.2) is 0 Å². The van der Waals surface area contributed by atoms with E-state index in [4.69, 9.17) is 0 Å². The Kier molecular flexibility index (Phi) is 6.74. The molecule has 1 saturated carbocycles. The molecule has 0 radical (unpaired) electrons. The molecule has 1 spiro atoms. The molecule has 1 aromatic carbocycles. The van der Waals surface area contributed by atoms with E-state index in [1.54, 1.807) is 0 Å². The van der Waals surface area contributed by atoms with Crippen LogP contribution in [0.2, 0.25) is 0 Å². The summed E-state index contributed by atoms with van der Waals surface area (Å²) >= 11 is 0. The van der Waals surface area contributed by atoms with E-state index in [1.165, 1.54) is 56.3 Å². The van der Waals surface area contributed by atoms with E-state index in [0.717, 1.165) is 18.9 Å². The van der Waals surface area contributed by atoms with Gasteiger partial charge in [0.15, 0.2) is 5.96 Å². The summed E-state index contributed by atoms with van der Waals surface area (Å²) in [6.45, 7) is 5.47. The molecule has 3 nitrogen and oxygen atoms in total. The number of halogens is 1. The van der Waals surface area contributed by atoms with Gasteiger partial charge in [0.1, 0.15) is 0 Å². The Balaban J connectivity index is 0.00000192. The lowest BCUT2D eigenvalue weighted by molar-refractivity contribution is 0.309. The van der Waals surface area contributed by atoms with Gasteiger partial charge in [-0.15, -0.1) is 24.0 Å². The first-order valence-corrected chi connectivity index (χ1v) is 8.72. The molecule has 2 aliphatic rings. The number of nitrogens with one attached hydrogen (secondary N) is 1. The summed E-state index contributed by atoms with van der Waals surface area (Å²) < 4.78 is 0. The van der Waals surface area contributed by atoms with Crippen LogP contribution in [0, 0.1) is 12.3 Å². The summed E-state index contributed by atoms with van der Waals surface area (Å²) in [5.74, 6) is 1.09. The molecule has 128 valence electrons. The average Bonchev–Trinajstić information content (AvgIpc) is 3.16. The topological polar surface area (TPSA) is 27.6 Å². The van der Waals surface area contributed by atoms with Crippen molar-refractivity contribution < 1.29 is 0 Å². The van der Waals surface area contributed by atoms with E-state index in [9.17, 15) is 0 Å². The van der Waals surface area contributed by atoms with Crippen molar-refractivity contribution >= 4 is 29.9 Å². The number of hydrogen-bond donors (Lipinski definition) is 1. The fraction of sp³-hybridized carbons (Fsp3) is 0.632. The van der Waals surface area contributed by atoms with Gasteiger partial charge in [0.05, 0.1) is 0 Å².